The van der Waals surface area contributed by atoms with Crippen LogP contribution in [-0.2, 0) is 0 Å². The fourth-order valence-electron chi connectivity index (χ4n) is 3.14. The number of hydrogen-bond acceptors (Lipinski definition) is 5. The highest BCUT2D eigenvalue weighted by Gasteiger charge is 2.35. The van der Waals surface area contributed by atoms with Crippen LogP contribution in [0.4, 0.5) is 0 Å². The number of rotatable bonds is 2. The minimum absolute atomic E-state index is 0.00815. The van der Waals surface area contributed by atoms with Gasteiger partial charge >= 0.3 is 0 Å². The van der Waals surface area contributed by atoms with Gasteiger partial charge in [-0.3, -0.25) is 9.78 Å². The van der Waals surface area contributed by atoms with Crippen molar-refractivity contribution in [2.75, 3.05) is 6.54 Å². The summed E-state index contributed by atoms with van der Waals surface area (Å²) >= 11 is 1.36. The van der Waals surface area contributed by atoms with Crippen molar-refractivity contribution < 1.29 is 4.79 Å². The molecule has 0 saturated carbocycles. The molecule has 6 heteroatoms. The Morgan fingerprint density at radius 1 is 1.30 bits per heavy atom. The minimum Gasteiger partial charge on any atom is -0.329 e. The summed E-state index contributed by atoms with van der Waals surface area (Å²) < 4.78 is 0. The molecule has 1 aliphatic rings. The first-order valence-corrected chi connectivity index (χ1v) is 8.46. The first-order chi connectivity index (χ1) is 11.2. The summed E-state index contributed by atoms with van der Waals surface area (Å²) in [6.45, 7) is 2.93. The second-order valence-electron chi connectivity index (χ2n) is 5.95. The third kappa shape index (κ3) is 2.59. The first kappa shape index (κ1) is 14.3. The van der Waals surface area contributed by atoms with E-state index in [1.807, 2.05) is 35.4 Å². The SMILES string of the molecule is C[C@H]1C[C@H](c2cccnc2)N(C(=O)c2nc3cccnc3s2)C1. The molecule has 1 amide bonds. The second kappa shape index (κ2) is 5.70. The van der Waals surface area contributed by atoms with E-state index in [0.717, 1.165) is 28.9 Å². The zero-order valence-corrected chi connectivity index (χ0v) is 13.5. The Kier molecular flexibility index (Phi) is 3.53. The molecule has 0 aliphatic carbocycles. The fraction of sp³-hybridized carbons (Fsp3) is 0.294. The van der Waals surface area contributed by atoms with Crippen molar-refractivity contribution in [1.82, 2.24) is 19.9 Å². The van der Waals surface area contributed by atoms with E-state index in [1.54, 1.807) is 12.4 Å². The number of hydrogen-bond donors (Lipinski definition) is 0. The van der Waals surface area contributed by atoms with E-state index in [1.165, 1.54) is 11.3 Å². The number of carbonyl (C=O) groups excluding carboxylic acids is 1. The molecule has 1 aliphatic heterocycles. The zero-order valence-electron chi connectivity index (χ0n) is 12.7. The number of carbonyl (C=O) groups is 1. The standard InChI is InChI=1S/C17H16N4OS/c1-11-8-14(12-4-2-6-18-9-12)21(10-11)17(22)16-20-13-5-3-7-19-15(13)23-16/h2-7,9,11,14H,8,10H2,1H3/t11-,14+/m0/s1. The number of amides is 1. The lowest BCUT2D eigenvalue weighted by atomic mass is 10.0. The van der Waals surface area contributed by atoms with Crippen LogP contribution in [0.1, 0.15) is 34.8 Å². The Morgan fingerprint density at radius 2 is 2.17 bits per heavy atom. The molecule has 4 heterocycles. The van der Waals surface area contributed by atoms with Gasteiger partial charge in [-0.1, -0.05) is 24.3 Å². The summed E-state index contributed by atoms with van der Waals surface area (Å²) in [7, 11) is 0. The molecule has 23 heavy (non-hydrogen) atoms. The van der Waals surface area contributed by atoms with E-state index in [2.05, 4.69) is 21.9 Å². The summed E-state index contributed by atoms with van der Waals surface area (Å²) in [5.41, 5.74) is 1.87. The maximum atomic E-state index is 13.0. The normalized spacial score (nSPS) is 21.0. The minimum atomic E-state index is -0.00815. The Balaban J connectivity index is 1.68. The average molecular weight is 324 g/mol. The summed E-state index contributed by atoms with van der Waals surface area (Å²) in [4.78, 5) is 28.6. The van der Waals surface area contributed by atoms with E-state index in [4.69, 9.17) is 0 Å². The highest BCUT2D eigenvalue weighted by molar-refractivity contribution is 7.19. The van der Waals surface area contributed by atoms with Gasteiger partial charge in [-0.2, -0.15) is 0 Å². The molecule has 0 bridgehead atoms. The van der Waals surface area contributed by atoms with E-state index < -0.39 is 0 Å². The smallest absolute Gasteiger partial charge is 0.283 e. The van der Waals surface area contributed by atoms with E-state index in [9.17, 15) is 4.79 Å². The molecule has 2 atom stereocenters. The van der Waals surface area contributed by atoms with Gasteiger partial charge in [-0.25, -0.2) is 9.97 Å². The van der Waals surface area contributed by atoms with Crippen LogP contribution in [0.3, 0.4) is 0 Å². The summed E-state index contributed by atoms with van der Waals surface area (Å²) in [6.07, 6.45) is 6.29. The first-order valence-electron chi connectivity index (χ1n) is 7.65. The van der Waals surface area contributed by atoms with E-state index in [0.29, 0.717) is 10.9 Å². The lowest BCUT2D eigenvalue weighted by molar-refractivity contribution is 0.0732. The lowest BCUT2D eigenvalue weighted by Crippen LogP contribution is -2.31. The fourth-order valence-corrected chi connectivity index (χ4v) is 4.01. The molecule has 0 radical (unpaired) electrons. The molecule has 3 aromatic heterocycles. The van der Waals surface area contributed by atoms with E-state index in [-0.39, 0.29) is 11.9 Å². The third-order valence-corrected chi connectivity index (χ3v) is 5.16. The van der Waals surface area contributed by atoms with Gasteiger partial charge in [0.2, 0.25) is 0 Å². The van der Waals surface area contributed by atoms with Gasteiger partial charge in [0.05, 0.1) is 6.04 Å². The van der Waals surface area contributed by atoms with Crippen LogP contribution in [0.2, 0.25) is 0 Å². The lowest BCUT2D eigenvalue weighted by Gasteiger charge is -2.23. The van der Waals surface area contributed by atoms with Crippen LogP contribution in [-0.4, -0.2) is 32.3 Å². The highest BCUT2D eigenvalue weighted by Crippen LogP contribution is 2.36. The van der Waals surface area contributed by atoms with Gasteiger partial charge in [0.15, 0.2) is 5.01 Å². The highest BCUT2D eigenvalue weighted by atomic mass is 32.1. The molecule has 1 saturated heterocycles. The van der Waals surface area contributed by atoms with Gasteiger partial charge in [-0.05, 0) is 36.1 Å². The quantitative estimate of drug-likeness (QED) is 0.725. The number of thiazole rings is 1. The maximum absolute atomic E-state index is 13.0. The molecule has 5 nitrogen and oxygen atoms in total. The Labute approximate surface area is 138 Å². The van der Waals surface area contributed by atoms with Crippen molar-refractivity contribution in [3.8, 4) is 0 Å². The molecule has 1 fully saturated rings. The predicted octanol–water partition coefficient (Wildman–Crippen LogP) is 3.31. The van der Waals surface area contributed by atoms with Crippen LogP contribution < -0.4 is 0 Å². The van der Waals surface area contributed by atoms with Gasteiger partial charge in [0, 0.05) is 25.1 Å². The van der Waals surface area contributed by atoms with Gasteiger partial charge in [0.25, 0.3) is 5.91 Å². The predicted molar refractivity (Wildman–Crippen MR) is 89.2 cm³/mol. The van der Waals surface area contributed by atoms with Gasteiger partial charge in [0.1, 0.15) is 10.3 Å². The van der Waals surface area contributed by atoms with Gasteiger partial charge < -0.3 is 4.90 Å². The molecule has 3 aromatic rings. The molecule has 0 unspecified atom stereocenters. The Hall–Kier alpha value is -2.34. The largest absolute Gasteiger partial charge is 0.329 e. The summed E-state index contributed by atoms with van der Waals surface area (Å²) in [5.74, 6) is 0.461. The average Bonchev–Trinajstić information content (AvgIpc) is 3.18. The van der Waals surface area contributed by atoms with Crippen LogP contribution >= 0.6 is 11.3 Å². The molecular formula is C17H16N4OS. The third-order valence-electron chi connectivity index (χ3n) is 4.19. The topological polar surface area (TPSA) is 59.0 Å². The van der Waals surface area contributed by atoms with Crippen molar-refractivity contribution in [2.45, 2.75) is 19.4 Å². The zero-order chi connectivity index (χ0) is 15.8. The molecular weight excluding hydrogens is 308 g/mol. The number of likely N-dealkylation sites (tertiary alicyclic amines) is 1. The van der Waals surface area contributed by atoms with Crippen LogP contribution in [0.5, 0.6) is 0 Å². The Morgan fingerprint density at radius 3 is 2.96 bits per heavy atom. The molecule has 0 N–H and O–H groups in total. The number of fused-ring (bicyclic) bond motifs is 1. The van der Waals surface area contributed by atoms with Crippen LogP contribution in [0.15, 0.2) is 42.9 Å². The van der Waals surface area contributed by atoms with Crippen LogP contribution in [0, 0.1) is 5.92 Å². The number of pyridine rings is 2. The molecule has 116 valence electrons. The van der Waals surface area contributed by atoms with Crippen molar-refractivity contribution in [3.05, 3.63) is 53.4 Å². The molecule has 4 rings (SSSR count). The van der Waals surface area contributed by atoms with Gasteiger partial charge in [-0.15, -0.1) is 0 Å². The number of nitrogens with zero attached hydrogens (tertiary/aromatic N) is 4. The molecule has 0 spiro atoms. The second-order valence-corrected chi connectivity index (χ2v) is 6.92. The van der Waals surface area contributed by atoms with Crippen molar-refractivity contribution in [2.24, 2.45) is 5.92 Å². The molecule has 0 aromatic carbocycles. The summed E-state index contributed by atoms with van der Waals surface area (Å²) in [6, 6.07) is 7.76. The number of aromatic nitrogens is 3. The van der Waals surface area contributed by atoms with Crippen molar-refractivity contribution in [3.63, 3.8) is 0 Å². The van der Waals surface area contributed by atoms with Crippen molar-refractivity contribution >= 4 is 27.6 Å². The maximum Gasteiger partial charge on any atom is 0.283 e. The Bertz CT molecular complexity index is 815. The van der Waals surface area contributed by atoms with E-state index >= 15 is 0 Å². The van der Waals surface area contributed by atoms with Crippen molar-refractivity contribution in [1.29, 1.82) is 0 Å². The summed E-state index contributed by atoms with van der Waals surface area (Å²) in [5, 5.41) is 0.515. The monoisotopic (exact) mass is 324 g/mol. The van der Waals surface area contributed by atoms with Crippen LogP contribution in [0.25, 0.3) is 10.3 Å².